The average Bonchev–Trinajstić information content (AvgIpc) is 2.51. The van der Waals surface area contributed by atoms with Gasteiger partial charge in [0, 0.05) is 17.2 Å². The Balaban J connectivity index is 2.08. The third kappa shape index (κ3) is 3.80. The Morgan fingerprint density at radius 1 is 1.16 bits per heavy atom. The fourth-order valence-electron chi connectivity index (χ4n) is 2.62. The summed E-state index contributed by atoms with van der Waals surface area (Å²) in [5.74, 6) is 0.549. The summed E-state index contributed by atoms with van der Waals surface area (Å²) in [5, 5.41) is 8.95. The molecule has 0 unspecified atom stereocenters. The minimum atomic E-state index is -3.37. The Bertz CT molecular complexity index is 1000. The van der Waals surface area contributed by atoms with Crippen LogP contribution in [-0.4, -0.2) is 26.1 Å². The van der Waals surface area contributed by atoms with Gasteiger partial charge in [0.2, 0.25) is 10.0 Å². The van der Waals surface area contributed by atoms with Gasteiger partial charge in [0.1, 0.15) is 5.75 Å². The van der Waals surface area contributed by atoms with Crippen molar-refractivity contribution in [2.24, 2.45) is 4.99 Å². The number of rotatable bonds is 3. The fourth-order valence-corrected chi connectivity index (χ4v) is 3.18. The number of ether oxygens (including phenoxy) is 1. The molecule has 0 saturated heterocycles. The first kappa shape index (κ1) is 17.0. The van der Waals surface area contributed by atoms with Crippen LogP contribution in [0.1, 0.15) is 30.5 Å². The van der Waals surface area contributed by atoms with Crippen molar-refractivity contribution in [1.82, 2.24) is 0 Å². The summed E-state index contributed by atoms with van der Waals surface area (Å²) in [6, 6.07) is 14.3. The van der Waals surface area contributed by atoms with Gasteiger partial charge in [-0.05, 0) is 38.1 Å². The third-order valence-corrected chi connectivity index (χ3v) is 4.17. The number of fused-ring (bicyclic) bond motifs is 1. The summed E-state index contributed by atoms with van der Waals surface area (Å²) in [6.07, 6.45) is 1.10. The van der Waals surface area contributed by atoms with E-state index in [0.717, 1.165) is 23.1 Å². The summed E-state index contributed by atoms with van der Waals surface area (Å²) in [5.41, 5.74) is 2.58. The molecule has 0 bridgehead atoms. The summed E-state index contributed by atoms with van der Waals surface area (Å²) in [7, 11) is -3.37. The minimum absolute atomic E-state index is 0.429. The molecule has 1 heterocycles. The standard InChI is InChI=1S/C18H17N3O3S/c1-18(2)20-17(13-6-4-12(11-19)5-7-13)15-9-8-14(10-16(15)24-18)21-25(3,22)23/h4-10,21H,1-3H3. The molecule has 2 aromatic carbocycles. The molecule has 7 heteroatoms. The highest BCUT2D eigenvalue weighted by Gasteiger charge is 2.29. The quantitative estimate of drug-likeness (QED) is 0.916. The molecule has 25 heavy (non-hydrogen) atoms. The summed E-state index contributed by atoms with van der Waals surface area (Å²) in [6.45, 7) is 3.66. The van der Waals surface area contributed by atoms with Crippen molar-refractivity contribution in [2.45, 2.75) is 19.6 Å². The molecule has 0 spiro atoms. The van der Waals surface area contributed by atoms with Crippen LogP contribution in [-0.2, 0) is 10.0 Å². The van der Waals surface area contributed by atoms with Crippen molar-refractivity contribution in [3.63, 3.8) is 0 Å². The van der Waals surface area contributed by atoms with Crippen molar-refractivity contribution in [2.75, 3.05) is 11.0 Å². The molecular formula is C18H17N3O3S. The molecule has 1 aliphatic heterocycles. The molecule has 1 aliphatic rings. The van der Waals surface area contributed by atoms with E-state index in [1.54, 1.807) is 30.3 Å². The largest absolute Gasteiger partial charge is 0.466 e. The highest BCUT2D eigenvalue weighted by molar-refractivity contribution is 7.92. The zero-order chi connectivity index (χ0) is 18.2. The zero-order valence-corrected chi connectivity index (χ0v) is 14.9. The zero-order valence-electron chi connectivity index (χ0n) is 14.1. The van der Waals surface area contributed by atoms with Crippen LogP contribution in [0.4, 0.5) is 5.69 Å². The van der Waals surface area contributed by atoms with Gasteiger partial charge in [0.25, 0.3) is 0 Å². The number of benzene rings is 2. The molecule has 0 amide bonds. The van der Waals surface area contributed by atoms with Gasteiger partial charge in [-0.2, -0.15) is 5.26 Å². The number of hydrogen-bond acceptors (Lipinski definition) is 5. The molecule has 0 atom stereocenters. The maximum Gasteiger partial charge on any atom is 0.229 e. The molecule has 6 nitrogen and oxygen atoms in total. The maximum atomic E-state index is 11.4. The van der Waals surface area contributed by atoms with E-state index in [0.29, 0.717) is 17.0 Å². The molecule has 0 aromatic heterocycles. The molecule has 128 valence electrons. The second-order valence-electron chi connectivity index (χ2n) is 6.28. The van der Waals surface area contributed by atoms with Gasteiger partial charge in [-0.15, -0.1) is 0 Å². The van der Waals surface area contributed by atoms with Crippen LogP contribution in [0, 0.1) is 11.3 Å². The first-order valence-electron chi connectivity index (χ1n) is 7.58. The molecule has 0 fully saturated rings. The van der Waals surface area contributed by atoms with Gasteiger partial charge in [-0.25, -0.2) is 13.4 Å². The number of nitriles is 1. The van der Waals surface area contributed by atoms with E-state index in [-0.39, 0.29) is 0 Å². The van der Waals surface area contributed by atoms with Crippen molar-refractivity contribution >= 4 is 21.4 Å². The van der Waals surface area contributed by atoms with E-state index >= 15 is 0 Å². The van der Waals surface area contributed by atoms with Crippen LogP contribution in [0.5, 0.6) is 5.75 Å². The van der Waals surface area contributed by atoms with E-state index < -0.39 is 15.7 Å². The van der Waals surface area contributed by atoms with Gasteiger partial charge < -0.3 is 4.74 Å². The van der Waals surface area contributed by atoms with Crippen molar-refractivity contribution in [3.8, 4) is 11.8 Å². The molecule has 2 aromatic rings. The van der Waals surface area contributed by atoms with E-state index in [1.807, 2.05) is 26.0 Å². The number of nitrogens with one attached hydrogen (secondary N) is 1. The Morgan fingerprint density at radius 2 is 1.84 bits per heavy atom. The van der Waals surface area contributed by atoms with Gasteiger partial charge in [-0.1, -0.05) is 12.1 Å². The predicted molar refractivity (Wildman–Crippen MR) is 96.4 cm³/mol. The fraction of sp³-hybridized carbons (Fsp3) is 0.222. The lowest BCUT2D eigenvalue weighted by atomic mass is 9.98. The Morgan fingerprint density at radius 3 is 2.44 bits per heavy atom. The maximum absolute atomic E-state index is 11.4. The number of aliphatic imine (C=N–C) groups is 1. The molecule has 0 radical (unpaired) electrons. The average molecular weight is 355 g/mol. The first-order valence-corrected chi connectivity index (χ1v) is 9.48. The lowest BCUT2D eigenvalue weighted by Gasteiger charge is -2.30. The van der Waals surface area contributed by atoms with Crippen molar-refractivity contribution < 1.29 is 13.2 Å². The highest BCUT2D eigenvalue weighted by atomic mass is 32.2. The Labute approximate surface area is 146 Å². The summed E-state index contributed by atoms with van der Waals surface area (Å²) < 4.78 is 31.2. The Hall–Kier alpha value is -2.85. The molecule has 1 N–H and O–H groups in total. The highest BCUT2D eigenvalue weighted by Crippen LogP contribution is 2.34. The number of sulfonamides is 1. The topological polar surface area (TPSA) is 91.5 Å². The number of hydrogen-bond donors (Lipinski definition) is 1. The summed E-state index contributed by atoms with van der Waals surface area (Å²) >= 11 is 0. The van der Waals surface area contributed by atoms with Gasteiger partial charge in [0.05, 0.1) is 29.3 Å². The van der Waals surface area contributed by atoms with Crippen LogP contribution in [0.3, 0.4) is 0 Å². The SMILES string of the molecule is CC1(C)N=C(c2ccc(C#N)cc2)c2ccc(NS(C)(=O)=O)cc2O1. The van der Waals surface area contributed by atoms with E-state index in [4.69, 9.17) is 10.00 Å². The normalized spacial score (nSPS) is 15.4. The number of anilines is 1. The van der Waals surface area contributed by atoms with Crippen LogP contribution < -0.4 is 9.46 Å². The van der Waals surface area contributed by atoms with Crippen LogP contribution in [0.25, 0.3) is 0 Å². The Kier molecular flexibility index (Phi) is 4.01. The van der Waals surface area contributed by atoms with E-state index in [1.165, 1.54) is 0 Å². The summed E-state index contributed by atoms with van der Waals surface area (Å²) in [4.78, 5) is 4.66. The van der Waals surface area contributed by atoms with Gasteiger partial charge in [-0.3, -0.25) is 4.72 Å². The van der Waals surface area contributed by atoms with E-state index in [9.17, 15) is 8.42 Å². The molecular weight excluding hydrogens is 338 g/mol. The second kappa shape index (κ2) is 5.90. The van der Waals surface area contributed by atoms with Crippen molar-refractivity contribution in [1.29, 1.82) is 5.26 Å². The van der Waals surface area contributed by atoms with Crippen molar-refractivity contribution in [3.05, 3.63) is 59.2 Å². The lowest BCUT2D eigenvalue weighted by molar-refractivity contribution is 0.115. The molecule has 0 saturated carbocycles. The van der Waals surface area contributed by atoms with Crippen LogP contribution in [0.2, 0.25) is 0 Å². The monoisotopic (exact) mass is 355 g/mol. The third-order valence-electron chi connectivity index (χ3n) is 3.57. The van der Waals surface area contributed by atoms with Crippen LogP contribution in [0.15, 0.2) is 47.5 Å². The van der Waals surface area contributed by atoms with Crippen LogP contribution >= 0.6 is 0 Å². The van der Waals surface area contributed by atoms with E-state index in [2.05, 4.69) is 15.8 Å². The first-order chi connectivity index (χ1) is 11.7. The lowest BCUT2D eigenvalue weighted by Crippen LogP contribution is -2.32. The predicted octanol–water partition coefficient (Wildman–Crippen LogP) is 2.90. The number of nitrogens with zero attached hydrogens (tertiary/aromatic N) is 2. The second-order valence-corrected chi connectivity index (χ2v) is 8.03. The van der Waals surface area contributed by atoms with Gasteiger partial charge >= 0.3 is 0 Å². The minimum Gasteiger partial charge on any atom is -0.466 e. The smallest absolute Gasteiger partial charge is 0.229 e. The molecule has 3 rings (SSSR count). The molecule has 0 aliphatic carbocycles. The van der Waals surface area contributed by atoms with Gasteiger partial charge in [0.15, 0.2) is 5.72 Å².